The molecule has 0 aliphatic rings. The fourth-order valence-electron chi connectivity index (χ4n) is 1.67. The van der Waals surface area contributed by atoms with Gasteiger partial charge in [-0.2, -0.15) is 13.2 Å². The summed E-state index contributed by atoms with van der Waals surface area (Å²) in [5.74, 6) is -0.546. The predicted octanol–water partition coefficient (Wildman–Crippen LogP) is 3.20. The van der Waals surface area contributed by atoms with E-state index in [1.165, 1.54) is 13.2 Å². The van der Waals surface area contributed by atoms with Crippen molar-refractivity contribution in [2.24, 2.45) is 0 Å². The summed E-state index contributed by atoms with van der Waals surface area (Å²) in [4.78, 5) is 11.5. The van der Waals surface area contributed by atoms with Gasteiger partial charge in [0.1, 0.15) is 0 Å². The summed E-state index contributed by atoms with van der Waals surface area (Å²) >= 11 is 0. The molecule has 0 saturated carbocycles. The summed E-state index contributed by atoms with van der Waals surface area (Å²) in [7, 11) is 1.25. The normalized spacial score (nSPS) is 11.2. The first-order valence-corrected chi connectivity index (χ1v) is 6.12. The third kappa shape index (κ3) is 5.38. The summed E-state index contributed by atoms with van der Waals surface area (Å²) in [5, 5.41) is 2.92. The molecule has 4 nitrogen and oxygen atoms in total. The molecule has 0 atom stereocenters. The molecule has 20 heavy (non-hydrogen) atoms. The lowest BCUT2D eigenvalue weighted by molar-refractivity contribution is -0.135. The molecule has 0 heterocycles. The van der Waals surface area contributed by atoms with Crippen LogP contribution in [-0.4, -0.2) is 25.8 Å². The van der Waals surface area contributed by atoms with Gasteiger partial charge in [0.25, 0.3) is 0 Å². The van der Waals surface area contributed by atoms with Gasteiger partial charge in [0.15, 0.2) is 0 Å². The van der Waals surface area contributed by atoms with Crippen LogP contribution in [0, 0.1) is 0 Å². The largest absolute Gasteiger partial charge is 0.465 e. The number of unbranched alkanes of at least 4 members (excludes halogenated alkanes) is 1. The number of nitrogen functional groups attached to an aromatic ring is 1. The highest BCUT2D eigenvalue weighted by Gasteiger charge is 2.25. The zero-order valence-electron chi connectivity index (χ0n) is 11.1. The van der Waals surface area contributed by atoms with Gasteiger partial charge in [0, 0.05) is 24.3 Å². The van der Waals surface area contributed by atoms with Gasteiger partial charge in [-0.05, 0) is 31.0 Å². The summed E-state index contributed by atoms with van der Waals surface area (Å²) in [6, 6.07) is 4.67. The maximum atomic E-state index is 12.0. The monoisotopic (exact) mass is 290 g/mol. The Morgan fingerprint density at radius 1 is 1.35 bits per heavy atom. The molecule has 0 fully saturated rings. The number of carbonyl (C=O) groups is 1. The van der Waals surface area contributed by atoms with Crippen molar-refractivity contribution in [3.05, 3.63) is 23.8 Å². The van der Waals surface area contributed by atoms with E-state index >= 15 is 0 Å². The van der Waals surface area contributed by atoms with Crippen molar-refractivity contribution in [2.75, 3.05) is 24.7 Å². The molecular weight excluding hydrogens is 273 g/mol. The average Bonchev–Trinajstić information content (AvgIpc) is 2.37. The zero-order valence-corrected chi connectivity index (χ0v) is 11.1. The van der Waals surface area contributed by atoms with Crippen molar-refractivity contribution in [2.45, 2.75) is 25.4 Å². The zero-order chi connectivity index (χ0) is 15.2. The van der Waals surface area contributed by atoms with Gasteiger partial charge in [-0.1, -0.05) is 0 Å². The van der Waals surface area contributed by atoms with Gasteiger partial charge >= 0.3 is 12.1 Å². The number of halogens is 3. The van der Waals surface area contributed by atoms with Gasteiger partial charge in [0.2, 0.25) is 0 Å². The number of ether oxygens (including phenoxy) is 1. The molecule has 0 radical (unpaired) electrons. The van der Waals surface area contributed by atoms with Crippen molar-refractivity contribution in [3.63, 3.8) is 0 Å². The third-order valence-electron chi connectivity index (χ3n) is 2.65. The van der Waals surface area contributed by atoms with Crippen LogP contribution < -0.4 is 11.1 Å². The van der Waals surface area contributed by atoms with Gasteiger partial charge in [0.05, 0.1) is 12.7 Å². The number of hydrogen-bond acceptors (Lipinski definition) is 4. The van der Waals surface area contributed by atoms with Gasteiger partial charge in [-0.3, -0.25) is 0 Å². The number of nitrogens with one attached hydrogen (secondary N) is 1. The Balaban J connectivity index is 2.53. The Kier molecular flexibility index (Phi) is 5.66. The molecule has 112 valence electrons. The summed E-state index contributed by atoms with van der Waals surface area (Å²) in [6.45, 7) is 0.337. The molecule has 3 N–H and O–H groups in total. The molecule has 0 unspecified atom stereocenters. The maximum absolute atomic E-state index is 12.0. The average molecular weight is 290 g/mol. The SMILES string of the molecule is COC(=O)c1cc(N)ccc1NCCCCC(F)(F)F. The minimum atomic E-state index is -4.13. The molecule has 1 rings (SSSR count). The van der Waals surface area contributed by atoms with Crippen molar-refractivity contribution in [3.8, 4) is 0 Å². The van der Waals surface area contributed by atoms with Crippen LogP contribution in [0.3, 0.4) is 0 Å². The molecule has 0 saturated heterocycles. The van der Waals surface area contributed by atoms with Crippen LogP contribution in [0.2, 0.25) is 0 Å². The standard InChI is InChI=1S/C13H17F3N2O2/c1-20-12(19)10-8-9(17)4-5-11(10)18-7-3-2-6-13(14,15)16/h4-5,8,18H,2-3,6-7,17H2,1H3. The smallest absolute Gasteiger partial charge is 0.389 e. The van der Waals surface area contributed by atoms with Crippen LogP contribution in [0.4, 0.5) is 24.5 Å². The van der Waals surface area contributed by atoms with Crippen LogP contribution in [0.25, 0.3) is 0 Å². The van der Waals surface area contributed by atoms with Crippen LogP contribution in [0.15, 0.2) is 18.2 Å². The van der Waals surface area contributed by atoms with Crippen LogP contribution in [0.5, 0.6) is 0 Å². The van der Waals surface area contributed by atoms with E-state index in [1.807, 2.05) is 0 Å². The van der Waals surface area contributed by atoms with Gasteiger partial charge in [-0.15, -0.1) is 0 Å². The summed E-state index contributed by atoms with van der Waals surface area (Å²) in [6.07, 6.45) is -4.54. The van der Waals surface area contributed by atoms with E-state index in [1.54, 1.807) is 12.1 Å². The fraction of sp³-hybridized carbons (Fsp3) is 0.462. The van der Waals surface area contributed by atoms with Crippen molar-refractivity contribution in [1.82, 2.24) is 0 Å². The Bertz CT molecular complexity index is 461. The van der Waals surface area contributed by atoms with Crippen molar-refractivity contribution < 1.29 is 22.7 Å². The minimum Gasteiger partial charge on any atom is -0.465 e. The lowest BCUT2D eigenvalue weighted by Gasteiger charge is -2.12. The number of anilines is 2. The Labute approximate surface area is 115 Å². The minimum absolute atomic E-state index is 0.0407. The van der Waals surface area contributed by atoms with E-state index in [0.717, 1.165) is 0 Å². The molecule has 1 aromatic carbocycles. The highest BCUT2D eigenvalue weighted by atomic mass is 19.4. The van der Waals surface area contributed by atoms with Gasteiger partial charge < -0.3 is 15.8 Å². The lowest BCUT2D eigenvalue weighted by atomic mass is 10.1. The fourth-order valence-corrected chi connectivity index (χ4v) is 1.67. The first-order chi connectivity index (χ1) is 9.33. The molecule has 0 spiro atoms. The Hall–Kier alpha value is -1.92. The Morgan fingerprint density at radius 3 is 2.65 bits per heavy atom. The summed E-state index contributed by atoms with van der Waals surface area (Å²) < 4.78 is 40.5. The molecule has 0 aromatic heterocycles. The number of hydrogen-bond donors (Lipinski definition) is 2. The second-order valence-corrected chi connectivity index (χ2v) is 4.30. The number of carbonyl (C=O) groups excluding carboxylic acids is 1. The number of nitrogens with two attached hydrogens (primary N) is 1. The quantitative estimate of drug-likeness (QED) is 0.480. The lowest BCUT2D eigenvalue weighted by Crippen LogP contribution is -2.11. The third-order valence-corrected chi connectivity index (χ3v) is 2.65. The van der Waals surface area contributed by atoms with E-state index in [-0.39, 0.29) is 12.0 Å². The molecule has 7 heteroatoms. The number of rotatable bonds is 6. The number of benzene rings is 1. The second kappa shape index (κ2) is 7.02. The maximum Gasteiger partial charge on any atom is 0.389 e. The van der Waals surface area contributed by atoms with E-state index < -0.39 is 18.6 Å². The molecular formula is C13H17F3N2O2. The topological polar surface area (TPSA) is 64.3 Å². The van der Waals surface area contributed by atoms with Crippen LogP contribution in [0.1, 0.15) is 29.6 Å². The van der Waals surface area contributed by atoms with E-state index in [2.05, 4.69) is 10.1 Å². The van der Waals surface area contributed by atoms with Gasteiger partial charge in [-0.25, -0.2) is 4.79 Å². The first kappa shape index (κ1) is 16.1. The summed E-state index contributed by atoms with van der Waals surface area (Å²) in [5.41, 5.74) is 6.76. The predicted molar refractivity (Wildman–Crippen MR) is 70.6 cm³/mol. The number of alkyl halides is 3. The van der Waals surface area contributed by atoms with E-state index in [4.69, 9.17) is 5.73 Å². The molecule has 0 amide bonds. The number of esters is 1. The molecule has 0 aliphatic heterocycles. The molecule has 0 bridgehead atoms. The highest BCUT2D eigenvalue weighted by molar-refractivity contribution is 5.96. The van der Waals surface area contributed by atoms with Crippen molar-refractivity contribution >= 4 is 17.3 Å². The number of methoxy groups -OCH3 is 1. The first-order valence-electron chi connectivity index (χ1n) is 6.12. The molecule has 0 aliphatic carbocycles. The highest BCUT2D eigenvalue weighted by Crippen LogP contribution is 2.23. The van der Waals surface area contributed by atoms with Crippen molar-refractivity contribution in [1.29, 1.82) is 0 Å². The van der Waals surface area contributed by atoms with Crippen LogP contribution in [-0.2, 0) is 4.74 Å². The van der Waals surface area contributed by atoms with Crippen LogP contribution >= 0.6 is 0 Å². The second-order valence-electron chi connectivity index (χ2n) is 4.30. The van der Waals surface area contributed by atoms with E-state index in [9.17, 15) is 18.0 Å². The molecule has 1 aromatic rings. The van der Waals surface area contributed by atoms with E-state index in [0.29, 0.717) is 24.3 Å². The Morgan fingerprint density at radius 2 is 2.05 bits per heavy atom.